The lowest BCUT2D eigenvalue weighted by Crippen LogP contribution is -2.71. The molecule has 0 spiro atoms. The minimum Gasteiger partial charge on any atom is -0.448 e. The van der Waals surface area contributed by atoms with Gasteiger partial charge in [0.1, 0.15) is 28.8 Å². The van der Waals surface area contributed by atoms with Crippen LogP contribution in [0.5, 0.6) is 0 Å². The number of rotatable bonds is 11. The normalized spacial score (nSPS) is 17.9. The molecule has 13 nitrogen and oxygen atoms in total. The maximum Gasteiger partial charge on any atom is 0.408 e. The second-order valence-electron chi connectivity index (χ2n) is 12.4. The van der Waals surface area contributed by atoms with Crippen molar-refractivity contribution in [2.24, 2.45) is 7.05 Å². The maximum atomic E-state index is 14.3. The number of hydrogen-bond donors (Lipinski definition) is 2. The van der Waals surface area contributed by atoms with Crippen molar-refractivity contribution in [2.45, 2.75) is 55.1 Å². The molecule has 6 rings (SSSR count). The monoisotopic (exact) mass is 733 g/mol. The number of esters is 1. The van der Waals surface area contributed by atoms with E-state index in [1.54, 1.807) is 45.3 Å². The molecular formula is C34H35N7O6S3. The zero-order chi connectivity index (χ0) is 35.4. The number of alkyl carbamates (subject to hydrolysis) is 1. The summed E-state index contributed by atoms with van der Waals surface area (Å²) < 4.78 is 13.2. The molecule has 0 radical (unpaired) electrons. The van der Waals surface area contributed by atoms with Crippen molar-refractivity contribution in [1.29, 1.82) is 0 Å². The lowest BCUT2D eigenvalue weighted by molar-refractivity contribution is -0.154. The van der Waals surface area contributed by atoms with Gasteiger partial charge in [-0.25, -0.2) is 14.3 Å². The van der Waals surface area contributed by atoms with E-state index in [0.29, 0.717) is 27.1 Å². The number of benzene rings is 2. The van der Waals surface area contributed by atoms with Gasteiger partial charge in [0.25, 0.3) is 5.91 Å². The van der Waals surface area contributed by atoms with Crippen molar-refractivity contribution in [2.75, 3.05) is 11.5 Å². The first-order chi connectivity index (χ1) is 24.0. The van der Waals surface area contributed by atoms with Crippen molar-refractivity contribution in [1.82, 2.24) is 35.7 Å². The van der Waals surface area contributed by atoms with E-state index in [1.165, 1.54) is 44.4 Å². The largest absolute Gasteiger partial charge is 0.448 e. The Morgan fingerprint density at radius 3 is 2.28 bits per heavy atom. The fourth-order valence-electron chi connectivity index (χ4n) is 5.41. The summed E-state index contributed by atoms with van der Waals surface area (Å²) in [5, 5.41) is 18.8. The molecule has 50 heavy (non-hydrogen) atoms. The van der Waals surface area contributed by atoms with E-state index in [0.717, 1.165) is 11.1 Å². The number of nitrogens with zero attached hydrogens (tertiary/aromatic N) is 5. The summed E-state index contributed by atoms with van der Waals surface area (Å²) in [6, 6.07) is 20.2. The Bertz CT molecular complexity index is 1840. The Hall–Kier alpha value is -4.67. The van der Waals surface area contributed by atoms with E-state index in [9.17, 15) is 19.2 Å². The number of amides is 3. The number of aromatic nitrogens is 4. The van der Waals surface area contributed by atoms with Crippen LogP contribution in [0.25, 0.3) is 0 Å². The Morgan fingerprint density at radius 2 is 1.70 bits per heavy atom. The van der Waals surface area contributed by atoms with Crippen molar-refractivity contribution in [3.63, 3.8) is 0 Å². The second kappa shape index (κ2) is 15.1. The van der Waals surface area contributed by atoms with Crippen LogP contribution in [-0.4, -0.2) is 77.5 Å². The molecule has 16 heteroatoms. The third-order valence-corrected chi connectivity index (χ3v) is 11.0. The SMILES string of the molecule is Cn1nnnc1SCC1=C(C(=O)OC(c2ccccc2)c2ccccc2)N2C(=O)C(NC(=O)C(NC(=O)OC(C)(C)C)c3cccs3)C2SC1. The number of carbonyl (C=O) groups excluding carboxylic acids is 4. The third kappa shape index (κ3) is 7.87. The van der Waals surface area contributed by atoms with Gasteiger partial charge in [0.15, 0.2) is 6.10 Å². The second-order valence-corrected chi connectivity index (χ2v) is 15.5. The van der Waals surface area contributed by atoms with Crippen LogP contribution in [0.15, 0.2) is 94.6 Å². The van der Waals surface area contributed by atoms with E-state index >= 15 is 0 Å². The fraction of sp³-hybridized carbons (Fsp3) is 0.324. The number of carbonyl (C=O) groups is 4. The van der Waals surface area contributed by atoms with Crippen molar-refractivity contribution in [3.05, 3.63) is 105 Å². The molecule has 0 saturated carbocycles. The molecule has 0 aliphatic carbocycles. The van der Waals surface area contributed by atoms with Crippen LogP contribution in [0.3, 0.4) is 0 Å². The molecule has 4 heterocycles. The van der Waals surface area contributed by atoms with Gasteiger partial charge in [-0.3, -0.25) is 14.5 Å². The summed E-state index contributed by atoms with van der Waals surface area (Å²) in [5.41, 5.74) is 1.57. The molecule has 3 atom stereocenters. The first kappa shape index (κ1) is 35.2. The Kier molecular flexibility index (Phi) is 10.6. The van der Waals surface area contributed by atoms with E-state index in [2.05, 4.69) is 26.2 Å². The van der Waals surface area contributed by atoms with Crippen LogP contribution in [0, 0.1) is 0 Å². The average Bonchev–Trinajstić information content (AvgIpc) is 3.79. The highest BCUT2D eigenvalue weighted by Crippen LogP contribution is 2.43. The van der Waals surface area contributed by atoms with Crippen molar-refractivity contribution in [3.8, 4) is 0 Å². The lowest BCUT2D eigenvalue weighted by atomic mass is 10.0. The van der Waals surface area contributed by atoms with E-state index < -0.39 is 53.0 Å². The van der Waals surface area contributed by atoms with Crippen LogP contribution in [0.2, 0.25) is 0 Å². The molecular weight excluding hydrogens is 699 g/mol. The summed E-state index contributed by atoms with van der Waals surface area (Å²) in [7, 11) is 1.72. The minimum absolute atomic E-state index is 0.130. The van der Waals surface area contributed by atoms with Crippen LogP contribution in [0.1, 0.15) is 48.9 Å². The number of tetrazole rings is 1. The number of fused-ring (bicyclic) bond motifs is 1. The zero-order valence-electron chi connectivity index (χ0n) is 27.6. The van der Waals surface area contributed by atoms with Gasteiger partial charge in [0.2, 0.25) is 11.1 Å². The van der Waals surface area contributed by atoms with Crippen LogP contribution in [-0.2, 0) is 30.9 Å². The summed E-state index contributed by atoms with van der Waals surface area (Å²) in [6.45, 7) is 5.18. The fourth-order valence-corrected chi connectivity index (χ4v) is 8.52. The van der Waals surface area contributed by atoms with Gasteiger partial charge >= 0.3 is 12.1 Å². The first-order valence-corrected chi connectivity index (χ1v) is 18.6. The number of aryl methyl sites for hydroxylation is 1. The van der Waals surface area contributed by atoms with E-state index in [-0.39, 0.29) is 5.70 Å². The predicted octanol–water partition coefficient (Wildman–Crippen LogP) is 4.62. The standard InChI is InChI=1S/C34H35N7O6S3/c1-34(2,3)47-33(45)36-24(23-16-11-17-48-23)28(42)35-25-29(43)41-26(22(18-49-30(25)41)19-50-32-37-38-39-40(32)4)31(44)46-27(20-12-7-5-8-13-20)21-14-9-6-10-15-21/h5-17,24-25,27,30H,18-19H2,1-4H3,(H,35,42)(H,36,45). The van der Waals surface area contributed by atoms with Gasteiger partial charge < -0.3 is 20.1 Å². The molecule has 1 saturated heterocycles. The number of ether oxygens (including phenoxy) is 2. The van der Waals surface area contributed by atoms with Gasteiger partial charge in [0.05, 0.1) is 0 Å². The highest BCUT2D eigenvalue weighted by molar-refractivity contribution is 8.01. The molecule has 2 N–H and O–H groups in total. The van der Waals surface area contributed by atoms with Crippen LogP contribution < -0.4 is 10.6 Å². The molecule has 4 aromatic rings. The molecule has 2 aromatic carbocycles. The van der Waals surface area contributed by atoms with E-state index in [4.69, 9.17) is 9.47 Å². The quantitative estimate of drug-likeness (QED) is 0.126. The topological polar surface area (TPSA) is 158 Å². The van der Waals surface area contributed by atoms with Gasteiger partial charge in [-0.05, 0) is 59.3 Å². The number of hydrogen-bond acceptors (Lipinski definition) is 12. The summed E-state index contributed by atoms with van der Waals surface area (Å²) in [5.74, 6) is -1.00. The molecule has 3 amide bonds. The highest BCUT2D eigenvalue weighted by Gasteiger charge is 2.55. The molecule has 2 aliphatic heterocycles. The first-order valence-electron chi connectivity index (χ1n) is 15.7. The number of thioether (sulfide) groups is 2. The molecule has 0 bridgehead atoms. The van der Waals surface area contributed by atoms with Gasteiger partial charge in [-0.1, -0.05) is 78.5 Å². The molecule has 1 fully saturated rings. The number of β-lactam (4-membered cyclic amide) rings is 1. The summed E-state index contributed by atoms with van der Waals surface area (Å²) in [6.07, 6.45) is -1.50. The number of nitrogens with one attached hydrogen (secondary N) is 2. The predicted molar refractivity (Wildman–Crippen MR) is 189 cm³/mol. The van der Waals surface area contributed by atoms with Crippen LogP contribution in [0.4, 0.5) is 4.79 Å². The average molecular weight is 734 g/mol. The molecule has 260 valence electrons. The highest BCUT2D eigenvalue weighted by atomic mass is 32.2. The maximum absolute atomic E-state index is 14.3. The van der Waals surface area contributed by atoms with Gasteiger partial charge in [-0.15, -0.1) is 28.2 Å². The zero-order valence-corrected chi connectivity index (χ0v) is 30.1. The number of thiophene rings is 1. The Morgan fingerprint density at radius 1 is 1.02 bits per heavy atom. The van der Waals surface area contributed by atoms with Gasteiger partial charge in [-0.2, -0.15) is 0 Å². The minimum atomic E-state index is -1.09. The van der Waals surface area contributed by atoms with E-state index in [1.807, 2.05) is 60.7 Å². The third-order valence-electron chi connectivity index (χ3n) is 7.68. The van der Waals surface area contributed by atoms with Gasteiger partial charge in [0, 0.05) is 23.4 Å². The smallest absolute Gasteiger partial charge is 0.408 e. The molecule has 3 unspecified atom stereocenters. The molecule has 2 aliphatic rings. The lowest BCUT2D eigenvalue weighted by Gasteiger charge is -2.50. The summed E-state index contributed by atoms with van der Waals surface area (Å²) in [4.78, 5) is 56.5. The van der Waals surface area contributed by atoms with Crippen molar-refractivity contribution >= 4 is 58.7 Å². The molecule has 2 aromatic heterocycles. The van der Waals surface area contributed by atoms with Crippen molar-refractivity contribution < 1.29 is 28.7 Å². The Labute approximate surface area is 301 Å². The summed E-state index contributed by atoms with van der Waals surface area (Å²) >= 11 is 4.05. The Balaban J connectivity index is 1.26. The van der Waals surface area contributed by atoms with Crippen LogP contribution >= 0.6 is 34.9 Å².